The highest BCUT2D eigenvalue weighted by Gasteiger charge is 2.08. The molecular weight excluding hydrogens is 308 g/mol. The molecule has 126 valence electrons. The van der Waals surface area contributed by atoms with Gasteiger partial charge in [-0.1, -0.05) is 30.3 Å². The van der Waals surface area contributed by atoms with Gasteiger partial charge in [0.1, 0.15) is 5.75 Å². The predicted octanol–water partition coefficient (Wildman–Crippen LogP) is 2.82. The van der Waals surface area contributed by atoms with E-state index >= 15 is 0 Å². The molecule has 24 heavy (non-hydrogen) atoms. The van der Waals surface area contributed by atoms with Gasteiger partial charge in [0, 0.05) is 24.2 Å². The molecule has 0 unspecified atom stereocenters. The average molecular weight is 328 g/mol. The van der Waals surface area contributed by atoms with Crippen LogP contribution in [0.4, 0.5) is 10.5 Å². The van der Waals surface area contributed by atoms with Gasteiger partial charge < -0.3 is 20.5 Å². The maximum absolute atomic E-state index is 11.9. The molecule has 2 aromatic rings. The molecule has 2 amide bonds. The molecular formula is C18H20N2O4. The molecule has 0 radical (unpaired) electrons. The highest BCUT2D eigenvalue weighted by molar-refractivity contribution is 5.89. The zero-order valence-corrected chi connectivity index (χ0v) is 13.4. The lowest BCUT2D eigenvalue weighted by Gasteiger charge is -2.10. The van der Waals surface area contributed by atoms with Gasteiger partial charge >= 0.3 is 12.0 Å². The number of phenolic OH excluding ortho intramolecular Hbond substituents is 1. The molecule has 6 heteroatoms. The first kappa shape index (κ1) is 17.3. The molecule has 0 aliphatic rings. The van der Waals surface area contributed by atoms with E-state index in [2.05, 4.69) is 15.4 Å². The minimum atomic E-state index is -0.361. The zero-order chi connectivity index (χ0) is 17.4. The van der Waals surface area contributed by atoms with Crippen LogP contribution < -0.4 is 10.6 Å². The number of phenols is 1. The van der Waals surface area contributed by atoms with Crippen LogP contribution in [0.2, 0.25) is 0 Å². The number of aromatic hydroxyl groups is 1. The van der Waals surface area contributed by atoms with Crippen LogP contribution in [-0.4, -0.2) is 24.2 Å². The van der Waals surface area contributed by atoms with Crippen molar-refractivity contribution in [1.82, 2.24) is 5.32 Å². The van der Waals surface area contributed by atoms with Crippen LogP contribution in [0, 0.1) is 0 Å². The first-order valence-corrected chi connectivity index (χ1v) is 7.56. The van der Waals surface area contributed by atoms with E-state index in [1.807, 2.05) is 18.2 Å². The second-order valence-corrected chi connectivity index (χ2v) is 5.21. The van der Waals surface area contributed by atoms with E-state index in [1.54, 1.807) is 30.3 Å². The minimum absolute atomic E-state index is 0.0943. The molecule has 0 aromatic heterocycles. The fourth-order valence-electron chi connectivity index (χ4n) is 2.16. The van der Waals surface area contributed by atoms with Crippen LogP contribution in [0.25, 0.3) is 0 Å². The van der Waals surface area contributed by atoms with Crippen LogP contribution in [-0.2, 0) is 22.5 Å². The number of rotatable bonds is 6. The third kappa shape index (κ3) is 5.31. The van der Waals surface area contributed by atoms with Crippen molar-refractivity contribution in [2.75, 3.05) is 12.4 Å². The monoisotopic (exact) mass is 328 g/mol. The van der Waals surface area contributed by atoms with Crippen molar-refractivity contribution in [2.45, 2.75) is 19.4 Å². The van der Waals surface area contributed by atoms with Gasteiger partial charge in [0.05, 0.1) is 7.11 Å². The van der Waals surface area contributed by atoms with Crippen LogP contribution >= 0.6 is 0 Å². The first-order valence-electron chi connectivity index (χ1n) is 7.56. The Hall–Kier alpha value is -3.02. The molecule has 6 nitrogen and oxygen atoms in total. The van der Waals surface area contributed by atoms with Crippen LogP contribution in [0.5, 0.6) is 5.75 Å². The number of aryl methyl sites for hydroxylation is 1. The number of hydrogen-bond donors (Lipinski definition) is 3. The van der Waals surface area contributed by atoms with Crippen molar-refractivity contribution in [1.29, 1.82) is 0 Å². The van der Waals surface area contributed by atoms with Gasteiger partial charge in [-0.2, -0.15) is 0 Å². The number of hydrogen-bond acceptors (Lipinski definition) is 4. The Morgan fingerprint density at radius 2 is 1.88 bits per heavy atom. The SMILES string of the molecule is COC(=O)CCc1ccc(O)c(CNC(=O)Nc2ccccc2)c1. The summed E-state index contributed by atoms with van der Waals surface area (Å²) in [6, 6.07) is 13.8. The standard InChI is InChI=1S/C18H20N2O4/c1-24-17(22)10-8-13-7-9-16(21)14(11-13)12-19-18(23)20-15-5-3-2-4-6-15/h2-7,9,11,21H,8,10,12H2,1H3,(H2,19,20,23). The van der Waals surface area contributed by atoms with Gasteiger partial charge in [0.15, 0.2) is 0 Å². The molecule has 2 aromatic carbocycles. The van der Waals surface area contributed by atoms with E-state index in [0.29, 0.717) is 17.7 Å². The summed E-state index contributed by atoms with van der Waals surface area (Å²) in [5.41, 5.74) is 2.16. The second kappa shape index (κ2) is 8.57. The Kier molecular flexibility index (Phi) is 6.19. The van der Waals surface area contributed by atoms with E-state index in [9.17, 15) is 14.7 Å². The van der Waals surface area contributed by atoms with E-state index in [1.165, 1.54) is 7.11 Å². The second-order valence-electron chi connectivity index (χ2n) is 5.21. The van der Waals surface area contributed by atoms with Crippen molar-refractivity contribution in [3.63, 3.8) is 0 Å². The third-order valence-corrected chi connectivity index (χ3v) is 3.46. The number of para-hydroxylation sites is 1. The molecule has 0 aliphatic heterocycles. The Morgan fingerprint density at radius 1 is 1.12 bits per heavy atom. The lowest BCUT2D eigenvalue weighted by atomic mass is 10.1. The number of ether oxygens (including phenoxy) is 1. The smallest absolute Gasteiger partial charge is 0.319 e. The van der Waals surface area contributed by atoms with Gasteiger partial charge in [0.25, 0.3) is 0 Å². The predicted molar refractivity (Wildman–Crippen MR) is 90.7 cm³/mol. The van der Waals surface area contributed by atoms with E-state index in [-0.39, 0.29) is 30.7 Å². The Labute approximate surface area is 140 Å². The number of nitrogens with one attached hydrogen (secondary N) is 2. The number of carbonyl (C=O) groups excluding carboxylic acids is 2. The third-order valence-electron chi connectivity index (χ3n) is 3.46. The van der Waals surface area contributed by atoms with E-state index in [4.69, 9.17) is 0 Å². The summed E-state index contributed by atoms with van der Waals surface area (Å²) in [5.74, 6) is -0.193. The molecule has 0 saturated heterocycles. The molecule has 0 heterocycles. The lowest BCUT2D eigenvalue weighted by molar-refractivity contribution is -0.140. The number of anilines is 1. The summed E-state index contributed by atoms with van der Waals surface area (Å²) in [7, 11) is 1.35. The average Bonchev–Trinajstić information content (AvgIpc) is 2.60. The number of esters is 1. The van der Waals surface area contributed by atoms with Crippen LogP contribution in [0.1, 0.15) is 17.5 Å². The van der Waals surface area contributed by atoms with Crippen molar-refractivity contribution < 1.29 is 19.4 Å². The maximum Gasteiger partial charge on any atom is 0.319 e. The number of amides is 2. The van der Waals surface area contributed by atoms with Crippen molar-refractivity contribution in [3.8, 4) is 5.75 Å². The quantitative estimate of drug-likeness (QED) is 0.712. The lowest BCUT2D eigenvalue weighted by Crippen LogP contribution is -2.28. The topological polar surface area (TPSA) is 87.7 Å². The van der Waals surface area contributed by atoms with Crippen molar-refractivity contribution in [2.24, 2.45) is 0 Å². The van der Waals surface area contributed by atoms with Crippen molar-refractivity contribution in [3.05, 3.63) is 59.7 Å². The highest BCUT2D eigenvalue weighted by Crippen LogP contribution is 2.19. The maximum atomic E-state index is 11.9. The van der Waals surface area contributed by atoms with Crippen LogP contribution in [0.15, 0.2) is 48.5 Å². The summed E-state index contributed by atoms with van der Waals surface area (Å²) in [6.45, 7) is 0.177. The summed E-state index contributed by atoms with van der Waals surface area (Å²) < 4.78 is 4.61. The fraction of sp³-hybridized carbons (Fsp3) is 0.222. The largest absolute Gasteiger partial charge is 0.508 e. The molecule has 0 atom stereocenters. The molecule has 0 spiro atoms. The van der Waals surface area contributed by atoms with Gasteiger partial charge in [-0.25, -0.2) is 4.79 Å². The summed E-state index contributed by atoms with van der Waals surface area (Å²) in [6.07, 6.45) is 0.777. The minimum Gasteiger partial charge on any atom is -0.508 e. The van der Waals surface area contributed by atoms with Gasteiger partial charge in [-0.05, 0) is 30.2 Å². The Bertz CT molecular complexity index is 701. The summed E-state index contributed by atoms with van der Waals surface area (Å²) >= 11 is 0. The normalized spacial score (nSPS) is 10.0. The van der Waals surface area contributed by atoms with Gasteiger partial charge in [-0.15, -0.1) is 0 Å². The molecule has 0 fully saturated rings. The van der Waals surface area contributed by atoms with E-state index in [0.717, 1.165) is 5.56 Å². The fourth-order valence-corrected chi connectivity index (χ4v) is 2.16. The molecule has 0 bridgehead atoms. The van der Waals surface area contributed by atoms with Gasteiger partial charge in [0.2, 0.25) is 0 Å². The van der Waals surface area contributed by atoms with Gasteiger partial charge in [-0.3, -0.25) is 4.79 Å². The molecule has 3 N–H and O–H groups in total. The summed E-state index contributed by atoms with van der Waals surface area (Å²) in [5, 5.41) is 15.3. The Balaban J connectivity index is 1.91. The molecule has 0 saturated carbocycles. The number of urea groups is 1. The number of benzene rings is 2. The van der Waals surface area contributed by atoms with Crippen molar-refractivity contribution >= 4 is 17.7 Å². The number of methoxy groups -OCH3 is 1. The van der Waals surface area contributed by atoms with Crippen LogP contribution in [0.3, 0.4) is 0 Å². The first-order chi connectivity index (χ1) is 11.6. The Morgan fingerprint density at radius 3 is 2.58 bits per heavy atom. The zero-order valence-electron chi connectivity index (χ0n) is 13.4. The highest BCUT2D eigenvalue weighted by atomic mass is 16.5. The number of carbonyl (C=O) groups is 2. The summed E-state index contributed by atoms with van der Waals surface area (Å²) in [4.78, 5) is 23.1. The molecule has 2 rings (SSSR count). The van der Waals surface area contributed by atoms with E-state index < -0.39 is 0 Å². The molecule has 0 aliphatic carbocycles.